The van der Waals surface area contributed by atoms with E-state index in [0.29, 0.717) is 17.5 Å². The molecule has 6 heteroatoms. The lowest BCUT2D eigenvalue weighted by molar-refractivity contribution is -0.137. The van der Waals surface area contributed by atoms with Gasteiger partial charge in [-0.2, -0.15) is 13.2 Å². The van der Waals surface area contributed by atoms with Crippen LogP contribution in [-0.4, -0.2) is 22.6 Å². The third-order valence-corrected chi connectivity index (χ3v) is 5.19. The largest absolute Gasteiger partial charge is 0.416 e. The van der Waals surface area contributed by atoms with Crippen LogP contribution >= 0.6 is 0 Å². The minimum Gasteiger partial charge on any atom is -0.325 e. The first-order valence-corrected chi connectivity index (χ1v) is 8.34. The van der Waals surface area contributed by atoms with Gasteiger partial charge in [-0.1, -0.05) is 6.42 Å². The molecule has 0 bridgehead atoms. The summed E-state index contributed by atoms with van der Waals surface area (Å²) in [5.41, 5.74) is 0.729. The molecule has 1 aliphatic heterocycles. The molecule has 1 N–H and O–H groups in total. The maximum atomic E-state index is 13.0. The summed E-state index contributed by atoms with van der Waals surface area (Å²) in [6.45, 7) is 1.91. The average Bonchev–Trinajstić information content (AvgIpc) is 2.83. The third-order valence-electron chi connectivity index (χ3n) is 5.19. The highest BCUT2D eigenvalue weighted by molar-refractivity contribution is 5.77. The number of hydrogen-bond acceptors (Lipinski definition) is 2. The minimum absolute atomic E-state index is 0.341. The summed E-state index contributed by atoms with van der Waals surface area (Å²) < 4.78 is 41.1. The van der Waals surface area contributed by atoms with Crippen molar-refractivity contribution >= 4 is 11.0 Å². The maximum Gasteiger partial charge on any atom is 0.416 e. The van der Waals surface area contributed by atoms with Gasteiger partial charge in [0.2, 0.25) is 0 Å². The Labute approximate surface area is 132 Å². The van der Waals surface area contributed by atoms with Crippen molar-refractivity contribution in [3.63, 3.8) is 0 Å². The summed E-state index contributed by atoms with van der Waals surface area (Å²) in [6.07, 6.45) is 1.08. The molecule has 4 rings (SSSR count). The van der Waals surface area contributed by atoms with Crippen LogP contribution in [0.2, 0.25) is 0 Å². The monoisotopic (exact) mass is 323 g/mol. The predicted octanol–water partition coefficient (Wildman–Crippen LogP) is 4.25. The molecule has 1 aliphatic carbocycles. The lowest BCUT2D eigenvalue weighted by Gasteiger charge is -2.31. The molecule has 23 heavy (non-hydrogen) atoms. The van der Waals surface area contributed by atoms with E-state index in [1.54, 1.807) is 6.07 Å². The van der Waals surface area contributed by atoms with Crippen molar-refractivity contribution in [2.24, 2.45) is 0 Å². The van der Waals surface area contributed by atoms with Crippen molar-refractivity contribution in [3.8, 4) is 0 Å². The summed E-state index contributed by atoms with van der Waals surface area (Å²) in [5.74, 6) is 1.41. The molecule has 1 aromatic carbocycles. The maximum absolute atomic E-state index is 13.0. The van der Waals surface area contributed by atoms with Crippen molar-refractivity contribution in [2.45, 2.75) is 50.2 Å². The number of nitrogens with one attached hydrogen (secondary N) is 1. The molecule has 2 aromatic rings. The topological polar surface area (TPSA) is 29.9 Å². The number of halogens is 3. The van der Waals surface area contributed by atoms with E-state index in [9.17, 15) is 13.2 Å². The molecule has 0 amide bonds. The van der Waals surface area contributed by atoms with Crippen molar-refractivity contribution < 1.29 is 13.2 Å². The number of hydrogen-bond donors (Lipinski definition) is 1. The molecule has 2 heterocycles. The normalized spacial score (nSPS) is 20.8. The summed E-state index contributed by atoms with van der Waals surface area (Å²) in [5, 5.41) is 3.35. The standard InChI is InChI=1S/C17H20F3N3/c18-17(19,20)12-4-5-15-14(10-12)22-16(11-2-1-3-11)23(15)13-6-8-21-9-7-13/h4-5,10-11,13,21H,1-3,6-9H2. The van der Waals surface area contributed by atoms with Gasteiger partial charge in [0.25, 0.3) is 0 Å². The first-order chi connectivity index (χ1) is 11.0. The number of rotatable bonds is 2. The van der Waals surface area contributed by atoms with Crippen molar-refractivity contribution in [3.05, 3.63) is 29.6 Å². The highest BCUT2D eigenvalue weighted by Crippen LogP contribution is 2.40. The second kappa shape index (κ2) is 5.51. The van der Waals surface area contributed by atoms with Gasteiger partial charge in [0.15, 0.2) is 0 Å². The molecule has 0 unspecified atom stereocenters. The van der Waals surface area contributed by atoms with E-state index in [1.807, 2.05) is 0 Å². The van der Waals surface area contributed by atoms with Gasteiger partial charge in [-0.15, -0.1) is 0 Å². The SMILES string of the molecule is FC(F)(F)c1ccc2c(c1)nc(C1CCC1)n2C1CCNCC1. The van der Waals surface area contributed by atoms with Crippen LogP contribution in [-0.2, 0) is 6.18 Å². The Kier molecular flexibility index (Phi) is 3.59. The van der Waals surface area contributed by atoms with Crippen molar-refractivity contribution in [1.82, 2.24) is 14.9 Å². The van der Waals surface area contributed by atoms with Gasteiger partial charge in [0, 0.05) is 12.0 Å². The second-order valence-corrected chi connectivity index (χ2v) is 6.65. The summed E-state index contributed by atoms with van der Waals surface area (Å²) >= 11 is 0. The summed E-state index contributed by atoms with van der Waals surface area (Å²) in [7, 11) is 0. The molecule has 0 spiro atoms. The van der Waals surface area contributed by atoms with Crippen LogP contribution in [0.4, 0.5) is 13.2 Å². The first-order valence-electron chi connectivity index (χ1n) is 8.34. The fraction of sp³-hybridized carbons (Fsp3) is 0.588. The van der Waals surface area contributed by atoms with E-state index < -0.39 is 11.7 Å². The van der Waals surface area contributed by atoms with Gasteiger partial charge < -0.3 is 9.88 Å². The number of aromatic nitrogens is 2. The Hall–Kier alpha value is -1.56. The molecule has 0 radical (unpaired) electrons. The summed E-state index contributed by atoms with van der Waals surface area (Å²) in [6, 6.07) is 4.34. The third kappa shape index (κ3) is 2.63. The Morgan fingerprint density at radius 3 is 2.43 bits per heavy atom. The summed E-state index contributed by atoms with van der Waals surface area (Å²) in [4.78, 5) is 4.63. The van der Waals surface area contributed by atoms with Gasteiger partial charge in [0.1, 0.15) is 5.82 Å². The molecule has 124 valence electrons. The minimum atomic E-state index is -4.32. The molecule has 0 atom stereocenters. The smallest absolute Gasteiger partial charge is 0.325 e. The van der Waals surface area contributed by atoms with E-state index in [1.165, 1.54) is 18.6 Å². The van der Waals surface area contributed by atoms with Gasteiger partial charge in [-0.05, 0) is 57.0 Å². The van der Waals surface area contributed by atoms with Gasteiger partial charge in [0.05, 0.1) is 16.6 Å². The highest BCUT2D eigenvalue weighted by Gasteiger charge is 2.33. The second-order valence-electron chi connectivity index (χ2n) is 6.65. The molecule has 1 saturated carbocycles. The molecule has 2 fully saturated rings. The van der Waals surface area contributed by atoms with Crippen LogP contribution in [0.25, 0.3) is 11.0 Å². The molecular weight excluding hydrogens is 303 g/mol. The van der Waals surface area contributed by atoms with Crippen LogP contribution in [0.3, 0.4) is 0 Å². The predicted molar refractivity (Wildman–Crippen MR) is 82.5 cm³/mol. The van der Waals surface area contributed by atoms with E-state index in [0.717, 1.165) is 50.1 Å². The molecule has 3 nitrogen and oxygen atoms in total. The van der Waals surface area contributed by atoms with Crippen LogP contribution < -0.4 is 5.32 Å². The zero-order valence-corrected chi connectivity index (χ0v) is 12.9. The number of alkyl halides is 3. The van der Waals surface area contributed by atoms with Gasteiger partial charge in [-0.3, -0.25) is 0 Å². The Morgan fingerprint density at radius 2 is 1.83 bits per heavy atom. The number of nitrogens with zero attached hydrogens (tertiary/aromatic N) is 2. The Morgan fingerprint density at radius 1 is 1.09 bits per heavy atom. The fourth-order valence-electron chi connectivity index (χ4n) is 3.70. The number of fused-ring (bicyclic) bond motifs is 1. The average molecular weight is 323 g/mol. The van der Waals surface area contributed by atoms with Crippen LogP contribution in [0.1, 0.15) is 55.5 Å². The fourth-order valence-corrected chi connectivity index (χ4v) is 3.70. The number of benzene rings is 1. The Balaban J connectivity index is 1.83. The highest BCUT2D eigenvalue weighted by atomic mass is 19.4. The zero-order chi connectivity index (χ0) is 16.0. The van der Waals surface area contributed by atoms with Gasteiger partial charge in [-0.25, -0.2) is 4.98 Å². The molecule has 1 saturated heterocycles. The van der Waals surface area contributed by atoms with E-state index >= 15 is 0 Å². The Bertz CT molecular complexity index is 710. The van der Waals surface area contributed by atoms with Crippen LogP contribution in [0.5, 0.6) is 0 Å². The molecular formula is C17H20F3N3. The van der Waals surface area contributed by atoms with Crippen molar-refractivity contribution in [2.75, 3.05) is 13.1 Å². The quantitative estimate of drug-likeness (QED) is 0.895. The van der Waals surface area contributed by atoms with E-state index in [4.69, 9.17) is 0 Å². The van der Waals surface area contributed by atoms with Crippen LogP contribution in [0, 0.1) is 0 Å². The number of piperidine rings is 1. The molecule has 1 aromatic heterocycles. The lowest BCUT2D eigenvalue weighted by Crippen LogP contribution is -2.31. The van der Waals surface area contributed by atoms with E-state index in [-0.39, 0.29) is 0 Å². The lowest BCUT2D eigenvalue weighted by atomic mass is 9.84. The van der Waals surface area contributed by atoms with Gasteiger partial charge >= 0.3 is 6.18 Å². The van der Waals surface area contributed by atoms with Crippen LogP contribution in [0.15, 0.2) is 18.2 Å². The molecule has 2 aliphatic rings. The van der Waals surface area contributed by atoms with Crippen molar-refractivity contribution in [1.29, 1.82) is 0 Å². The number of imidazole rings is 1. The zero-order valence-electron chi connectivity index (χ0n) is 12.9. The van der Waals surface area contributed by atoms with E-state index in [2.05, 4.69) is 14.9 Å². The first kappa shape index (κ1) is 15.0.